The Morgan fingerprint density at radius 3 is 2.12 bits per heavy atom. The Balaban J connectivity index is 2.15. The lowest BCUT2D eigenvalue weighted by atomic mass is 10.1. The first-order chi connectivity index (χ1) is 11.4. The van der Waals surface area contributed by atoms with Gasteiger partial charge in [0, 0.05) is 29.4 Å². The van der Waals surface area contributed by atoms with Gasteiger partial charge in [0.1, 0.15) is 0 Å². The topological polar surface area (TPSA) is 15.3 Å². The first-order valence-electron chi connectivity index (χ1n) is 8.80. The van der Waals surface area contributed by atoms with Crippen molar-refractivity contribution in [3.05, 3.63) is 53.6 Å². The van der Waals surface area contributed by atoms with Crippen LogP contribution in [-0.4, -0.2) is 25.6 Å². The maximum atomic E-state index is 3.76. The molecule has 1 N–H and O–H groups in total. The van der Waals surface area contributed by atoms with Gasteiger partial charge in [-0.15, -0.1) is 10.2 Å². The Labute approximate surface area is 149 Å². The summed E-state index contributed by atoms with van der Waals surface area (Å²) in [4.78, 5) is 3.82. The highest BCUT2D eigenvalue weighted by Gasteiger charge is 2.15. The first kappa shape index (κ1) is 18.7. The van der Waals surface area contributed by atoms with Crippen LogP contribution >= 0.6 is 10.2 Å². The molecule has 0 heterocycles. The molecule has 0 radical (unpaired) electrons. The van der Waals surface area contributed by atoms with E-state index in [9.17, 15) is 0 Å². The Morgan fingerprint density at radius 1 is 0.917 bits per heavy atom. The molecule has 0 spiro atoms. The quantitative estimate of drug-likeness (QED) is 0.663. The van der Waals surface area contributed by atoms with Crippen molar-refractivity contribution in [1.29, 1.82) is 0 Å². The Morgan fingerprint density at radius 2 is 1.58 bits per heavy atom. The molecule has 0 atom stereocenters. The summed E-state index contributed by atoms with van der Waals surface area (Å²) in [6.45, 7) is 11.0. The number of hydrogen-bond donors (Lipinski definition) is 1. The van der Waals surface area contributed by atoms with Crippen molar-refractivity contribution in [2.75, 3.05) is 35.2 Å². The van der Waals surface area contributed by atoms with Crippen molar-refractivity contribution < 1.29 is 0 Å². The third kappa shape index (κ3) is 4.47. The standard InChI is InChI=1S/C21H32N2S/c1-7-15-23(8-2)20-12-10-19(11-13-20)22-24(5,6)21-14-9-17(3)18(4)16-21/h9-14,16,22H,7-8,15H2,1-6H3. The van der Waals surface area contributed by atoms with Crippen LogP contribution in [0.1, 0.15) is 31.4 Å². The largest absolute Gasteiger partial charge is 0.372 e. The van der Waals surface area contributed by atoms with Crippen LogP contribution in [0.4, 0.5) is 11.4 Å². The lowest BCUT2D eigenvalue weighted by molar-refractivity contribution is 0.792. The molecule has 132 valence electrons. The number of nitrogens with one attached hydrogen (secondary N) is 1. The fourth-order valence-corrected chi connectivity index (χ4v) is 4.59. The summed E-state index contributed by atoms with van der Waals surface area (Å²) < 4.78 is 3.76. The third-order valence-corrected chi connectivity index (χ3v) is 6.73. The smallest absolute Gasteiger partial charge is 0.0430 e. The molecule has 0 aliphatic rings. The SMILES string of the molecule is CCCN(CC)c1ccc(NS(C)(C)c2ccc(C)c(C)c2)cc1. The van der Waals surface area contributed by atoms with Crippen LogP contribution in [0.2, 0.25) is 0 Å². The first-order valence-corrected chi connectivity index (χ1v) is 11.3. The van der Waals surface area contributed by atoms with Crippen LogP contribution in [0, 0.1) is 13.8 Å². The van der Waals surface area contributed by atoms with Gasteiger partial charge >= 0.3 is 0 Å². The summed E-state index contributed by atoms with van der Waals surface area (Å²) in [7, 11) is -1.07. The zero-order valence-corrected chi connectivity index (χ0v) is 16.8. The second kappa shape index (κ2) is 7.98. The summed E-state index contributed by atoms with van der Waals surface area (Å²) in [5, 5.41) is 0. The fraction of sp³-hybridized carbons (Fsp3) is 0.429. The molecular formula is C21H32N2S. The van der Waals surface area contributed by atoms with Gasteiger partial charge < -0.3 is 9.62 Å². The molecule has 0 aliphatic carbocycles. The maximum Gasteiger partial charge on any atom is 0.0430 e. The number of anilines is 2. The molecule has 0 bridgehead atoms. The van der Waals surface area contributed by atoms with E-state index in [4.69, 9.17) is 0 Å². The normalized spacial score (nSPS) is 12.1. The van der Waals surface area contributed by atoms with Crippen molar-refractivity contribution in [2.24, 2.45) is 0 Å². The minimum absolute atomic E-state index is 1.06. The highest BCUT2D eigenvalue weighted by molar-refractivity contribution is 8.33. The van der Waals surface area contributed by atoms with E-state index >= 15 is 0 Å². The predicted molar refractivity (Wildman–Crippen MR) is 112 cm³/mol. The molecule has 0 saturated carbocycles. The summed E-state index contributed by atoms with van der Waals surface area (Å²) >= 11 is 0. The van der Waals surface area contributed by atoms with Crippen LogP contribution in [0.3, 0.4) is 0 Å². The van der Waals surface area contributed by atoms with Crippen molar-refractivity contribution in [1.82, 2.24) is 0 Å². The molecule has 2 aromatic carbocycles. The number of aryl methyl sites for hydroxylation is 2. The van der Waals surface area contributed by atoms with E-state index < -0.39 is 10.2 Å². The van der Waals surface area contributed by atoms with E-state index in [0.717, 1.165) is 13.1 Å². The van der Waals surface area contributed by atoms with Gasteiger partial charge in [0.05, 0.1) is 0 Å². The maximum absolute atomic E-state index is 3.76. The predicted octanol–water partition coefficient (Wildman–Crippen LogP) is 5.99. The van der Waals surface area contributed by atoms with Crippen molar-refractivity contribution in [3.63, 3.8) is 0 Å². The molecule has 2 rings (SSSR count). The molecule has 2 nitrogen and oxygen atoms in total. The van der Waals surface area contributed by atoms with Gasteiger partial charge in [-0.3, -0.25) is 0 Å². The molecule has 0 unspecified atom stereocenters. The average Bonchev–Trinajstić information content (AvgIpc) is 2.55. The number of benzene rings is 2. The van der Waals surface area contributed by atoms with Crippen molar-refractivity contribution in [2.45, 2.75) is 39.0 Å². The minimum atomic E-state index is -1.07. The summed E-state index contributed by atoms with van der Waals surface area (Å²) in [5.74, 6) is 0. The van der Waals surface area contributed by atoms with E-state index in [1.807, 2.05) is 0 Å². The van der Waals surface area contributed by atoms with E-state index in [1.165, 1.54) is 33.8 Å². The summed E-state index contributed by atoms with van der Waals surface area (Å²) in [5.41, 5.74) is 5.23. The molecule has 0 aromatic heterocycles. The van der Waals surface area contributed by atoms with Gasteiger partial charge in [-0.1, -0.05) is 13.0 Å². The summed E-state index contributed by atoms with van der Waals surface area (Å²) in [6, 6.07) is 15.7. The second-order valence-corrected chi connectivity index (χ2v) is 10.1. The van der Waals surface area contributed by atoms with Crippen LogP contribution in [0.5, 0.6) is 0 Å². The van der Waals surface area contributed by atoms with Gasteiger partial charge in [0.15, 0.2) is 0 Å². The minimum Gasteiger partial charge on any atom is -0.372 e. The van der Waals surface area contributed by atoms with Gasteiger partial charge in [-0.2, -0.15) is 0 Å². The number of rotatable bonds is 7. The Hall–Kier alpha value is -1.61. The van der Waals surface area contributed by atoms with E-state index in [0.29, 0.717) is 0 Å². The van der Waals surface area contributed by atoms with Gasteiger partial charge in [0.2, 0.25) is 0 Å². The van der Waals surface area contributed by atoms with E-state index in [2.05, 4.69) is 92.3 Å². The van der Waals surface area contributed by atoms with Crippen LogP contribution in [-0.2, 0) is 0 Å². The molecule has 2 aromatic rings. The molecule has 24 heavy (non-hydrogen) atoms. The average molecular weight is 345 g/mol. The van der Waals surface area contributed by atoms with Gasteiger partial charge in [-0.25, -0.2) is 0 Å². The van der Waals surface area contributed by atoms with Gasteiger partial charge in [-0.05, 0) is 87.2 Å². The third-order valence-electron chi connectivity index (χ3n) is 4.55. The van der Waals surface area contributed by atoms with E-state index in [-0.39, 0.29) is 0 Å². The van der Waals surface area contributed by atoms with Crippen molar-refractivity contribution in [3.8, 4) is 0 Å². The van der Waals surface area contributed by atoms with Crippen molar-refractivity contribution >= 4 is 21.6 Å². The second-order valence-electron chi connectivity index (χ2n) is 6.80. The highest BCUT2D eigenvalue weighted by Crippen LogP contribution is 2.49. The monoisotopic (exact) mass is 344 g/mol. The zero-order chi connectivity index (χ0) is 17.7. The highest BCUT2D eigenvalue weighted by atomic mass is 32.3. The Kier molecular flexibility index (Phi) is 6.22. The lowest BCUT2D eigenvalue weighted by Gasteiger charge is -2.34. The zero-order valence-electron chi connectivity index (χ0n) is 16.0. The molecule has 0 aliphatic heterocycles. The van der Waals surface area contributed by atoms with Crippen LogP contribution in [0.15, 0.2) is 47.4 Å². The molecular weight excluding hydrogens is 312 g/mol. The molecule has 0 fully saturated rings. The number of nitrogens with zero attached hydrogens (tertiary/aromatic N) is 1. The molecule has 0 amide bonds. The van der Waals surface area contributed by atoms with Crippen LogP contribution < -0.4 is 9.62 Å². The number of hydrogen-bond acceptors (Lipinski definition) is 2. The van der Waals surface area contributed by atoms with E-state index in [1.54, 1.807) is 0 Å². The fourth-order valence-electron chi connectivity index (χ4n) is 2.86. The van der Waals surface area contributed by atoms with Crippen LogP contribution in [0.25, 0.3) is 0 Å². The van der Waals surface area contributed by atoms with Gasteiger partial charge in [0.25, 0.3) is 0 Å². The Bertz CT molecular complexity index is 662. The summed E-state index contributed by atoms with van der Waals surface area (Å²) in [6.07, 6.45) is 5.82. The molecule has 3 heteroatoms. The lowest BCUT2D eigenvalue weighted by Crippen LogP contribution is -2.23. The molecule has 0 saturated heterocycles.